The average molecular weight is 350 g/mol. The van der Waals surface area contributed by atoms with Crippen molar-refractivity contribution in [3.05, 3.63) is 64.4 Å². The molecule has 0 fully saturated rings. The van der Waals surface area contributed by atoms with Crippen LogP contribution in [0.5, 0.6) is 0 Å². The molecule has 0 aliphatic carbocycles. The number of thiocarbonyl (C=S) groups is 1. The fraction of sp³-hybridized carbons (Fsp3) is 0.0714. The number of nitrogens with zero attached hydrogens (tertiary/aromatic N) is 1. The first kappa shape index (κ1) is 14.6. The van der Waals surface area contributed by atoms with Crippen LogP contribution in [0.4, 0.5) is 0 Å². The third kappa shape index (κ3) is 3.40. The molecular weight excluding hydrogens is 338 g/mol. The van der Waals surface area contributed by atoms with Crippen molar-refractivity contribution in [2.24, 2.45) is 5.73 Å². The largest absolute Gasteiger partial charge is 0.391 e. The molecule has 0 aliphatic rings. The molecule has 1 amide bonds. The highest BCUT2D eigenvalue weighted by molar-refractivity contribution is 9.10. The van der Waals surface area contributed by atoms with E-state index in [0.717, 1.165) is 5.56 Å². The summed E-state index contributed by atoms with van der Waals surface area (Å²) in [7, 11) is 0. The Balaban J connectivity index is 2.24. The lowest BCUT2D eigenvalue weighted by Crippen LogP contribution is -2.37. The maximum atomic E-state index is 12.2. The van der Waals surface area contributed by atoms with Crippen LogP contribution in [-0.2, 0) is 0 Å². The standard InChI is InChI=1S/C14H12BrN3OS/c15-10-7-4-8-17-12(10)14(19)18-11(13(16)20)9-5-2-1-3-6-9/h1-8,11H,(H2,16,20)(H,18,19). The predicted octanol–water partition coefficient (Wildman–Crippen LogP) is 2.60. The van der Waals surface area contributed by atoms with Crippen LogP contribution in [0.15, 0.2) is 53.1 Å². The summed E-state index contributed by atoms with van der Waals surface area (Å²) in [6, 6.07) is 12.3. The molecule has 3 N–H and O–H groups in total. The zero-order chi connectivity index (χ0) is 14.5. The van der Waals surface area contributed by atoms with Crippen LogP contribution in [0, 0.1) is 0 Å². The molecule has 1 aromatic carbocycles. The van der Waals surface area contributed by atoms with Gasteiger partial charge in [0.1, 0.15) is 16.7 Å². The molecule has 0 aliphatic heterocycles. The molecule has 1 aromatic heterocycles. The summed E-state index contributed by atoms with van der Waals surface area (Å²) in [5.41, 5.74) is 6.85. The van der Waals surface area contributed by atoms with Crippen LogP contribution in [0.3, 0.4) is 0 Å². The first-order valence-electron chi connectivity index (χ1n) is 5.85. The Labute approximate surface area is 130 Å². The van der Waals surface area contributed by atoms with Crippen molar-refractivity contribution in [3.63, 3.8) is 0 Å². The number of carbonyl (C=O) groups excluding carboxylic acids is 1. The van der Waals surface area contributed by atoms with Crippen LogP contribution in [0.1, 0.15) is 22.1 Å². The normalized spacial score (nSPS) is 11.7. The lowest BCUT2D eigenvalue weighted by atomic mass is 10.1. The molecule has 20 heavy (non-hydrogen) atoms. The van der Waals surface area contributed by atoms with Gasteiger partial charge >= 0.3 is 0 Å². The number of halogens is 1. The minimum atomic E-state index is -0.521. The van der Waals surface area contributed by atoms with E-state index in [0.29, 0.717) is 10.2 Å². The van der Waals surface area contributed by atoms with Gasteiger partial charge in [0, 0.05) is 10.7 Å². The van der Waals surface area contributed by atoms with E-state index in [-0.39, 0.29) is 10.9 Å². The Morgan fingerprint density at radius 3 is 2.55 bits per heavy atom. The molecule has 1 unspecified atom stereocenters. The Bertz CT molecular complexity index is 633. The average Bonchev–Trinajstić information content (AvgIpc) is 2.45. The van der Waals surface area contributed by atoms with Gasteiger partial charge in [-0.15, -0.1) is 0 Å². The molecule has 0 bridgehead atoms. The zero-order valence-electron chi connectivity index (χ0n) is 10.4. The highest BCUT2D eigenvalue weighted by atomic mass is 79.9. The van der Waals surface area contributed by atoms with E-state index in [1.165, 1.54) is 0 Å². The molecule has 0 spiro atoms. The topological polar surface area (TPSA) is 68.0 Å². The van der Waals surface area contributed by atoms with Crippen LogP contribution in [0.2, 0.25) is 0 Å². The second-order valence-corrected chi connectivity index (χ2v) is 5.38. The number of hydrogen-bond donors (Lipinski definition) is 2. The molecule has 102 valence electrons. The van der Waals surface area contributed by atoms with Crippen molar-refractivity contribution in [1.29, 1.82) is 0 Å². The van der Waals surface area contributed by atoms with Gasteiger partial charge in [-0.3, -0.25) is 4.79 Å². The molecule has 0 saturated carbocycles. The number of nitrogens with one attached hydrogen (secondary N) is 1. The molecule has 1 atom stereocenters. The smallest absolute Gasteiger partial charge is 0.271 e. The third-order valence-corrected chi connectivity index (χ3v) is 3.54. The molecule has 4 nitrogen and oxygen atoms in total. The molecule has 1 heterocycles. The Kier molecular flexibility index (Phi) is 4.81. The number of amides is 1. The zero-order valence-corrected chi connectivity index (χ0v) is 12.8. The Morgan fingerprint density at radius 1 is 1.25 bits per heavy atom. The fourth-order valence-corrected chi connectivity index (χ4v) is 2.35. The predicted molar refractivity (Wildman–Crippen MR) is 85.4 cm³/mol. The van der Waals surface area contributed by atoms with Gasteiger partial charge in [-0.1, -0.05) is 42.5 Å². The summed E-state index contributed by atoms with van der Waals surface area (Å²) < 4.78 is 0.618. The number of hydrogen-bond acceptors (Lipinski definition) is 3. The SMILES string of the molecule is NC(=S)C(NC(=O)c1ncccc1Br)c1ccccc1. The van der Waals surface area contributed by atoms with E-state index in [1.54, 1.807) is 18.3 Å². The van der Waals surface area contributed by atoms with Crippen molar-refractivity contribution >= 4 is 39.0 Å². The summed E-state index contributed by atoms with van der Waals surface area (Å²) in [6.45, 7) is 0. The van der Waals surface area contributed by atoms with Crippen molar-refractivity contribution in [1.82, 2.24) is 10.3 Å². The second kappa shape index (κ2) is 6.58. The van der Waals surface area contributed by atoms with E-state index in [2.05, 4.69) is 26.2 Å². The maximum Gasteiger partial charge on any atom is 0.271 e. The van der Waals surface area contributed by atoms with E-state index >= 15 is 0 Å². The minimum absolute atomic E-state index is 0.205. The first-order chi connectivity index (χ1) is 9.59. The lowest BCUT2D eigenvalue weighted by molar-refractivity contribution is 0.0941. The summed E-state index contributed by atoms with van der Waals surface area (Å²) in [4.78, 5) is 16.5. The van der Waals surface area contributed by atoms with Gasteiger partial charge in [-0.25, -0.2) is 4.98 Å². The van der Waals surface area contributed by atoms with Crippen LogP contribution in [-0.4, -0.2) is 15.9 Å². The van der Waals surface area contributed by atoms with Crippen LogP contribution < -0.4 is 11.1 Å². The van der Waals surface area contributed by atoms with Crippen molar-refractivity contribution in [3.8, 4) is 0 Å². The molecular formula is C14H12BrN3OS. The van der Waals surface area contributed by atoms with Gasteiger partial charge < -0.3 is 11.1 Å². The van der Waals surface area contributed by atoms with Crippen molar-refractivity contribution in [2.75, 3.05) is 0 Å². The van der Waals surface area contributed by atoms with E-state index in [4.69, 9.17) is 18.0 Å². The number of benzene rings is 1. The second-order valence-electron chi connectivity index (χ2n) is 4.05. The Morgan fingerprint density at radius 2 is 1.95 bits per heavy atom. The molecule has 2 rings (SSSR count). The quantitative estimate of drug-likeness (QED) is 0.832. The summed E-state index contributed by atoms with van der Waals surface area (Å²) in [5, 5.41) is 2.79. The van der Waals surface area contributed by atoms with E-state index < -0.39 is 6.04 Å². The van der Waals surface area contributed by atoms with E-state index in [1.807, 2.05) is 30.3 Å². The first-order valence-corrected chi connectivity index (χ1v) is 7.05. The lowest BCUT2D eigenvalue weighted by Gasteiger charge is -2.17. The number of aromatic nitrogens is 1. The molecule has 6 heteroatoms. The third-order valence-electron chi connectivity index (χ3n) is 2.67. The number of nitrogens with two attached hydrogens (primary N) is 1. The van der Waals surface area contributed by atoms with Crippen molar-refractivity contribution < 1.29 is 4.79 Å². The summed E-state index contributed by atoms with van der Waals surface area (Å²) >= 11 is 8.32. The van der Waals surface area contributed by atoms with E-state index in [9.17, 15) is 4.79 Å². The van der Waals surface area contributed by atoms with Crippen molar-refractivity contribution in [2.45, 2.75) is 6.04 Å². The molecule has 0 saturated heterocycles. The van der Waals surface area contributed by atoms with Crippen LogP contribution >= 0.6 is 28.1 Å². The highest BCUT2D eigenvalue weighted by Crippen LogP contribution is 2.17. The fourth-order valence-electron chi connectivity index (χ4n) is 1.72. The number of carbonyl (C=O) groups is 1. The minimum Gasteiger partial charge on any atom is -0.391 e. The Hall–Kier alpha value is -1.79. The number of rotatable bonds is 4. The summed E-state index contributed by atoms with van der Waals surface area (Å²) in [5.74, 6) is -0.334. The molecule has 2 aromatic rings. The summed E-state index contributed by atoms with van der Waals surface area (Å²) in [6.07, 6.45) is 1.55. The van der Waals surface area contributed by atoms with Gasteiger partial charge in [0.2, 0.25) is 0 Å². The molecule has 0 radical (unpaired) electrons. The highest BCUT2D eigenvalue weighted by Gasteiger charge is 2.20. The van der Waals surface area contributed by atoms with Gasteiger partial charge in [0.05, 0.1) is 0 Å². The maximum absolute atomic E-state index is 12.2. The van der Waals surface area contributed by atoms with Gasteiger partial charge in [-0.2, -0.15) is 0 Å². The van der Waals surface area contributed by atoms with Gasteiger partial charge in [-0.05, 0) is 33.6 Å². The number of pyridine rings is 1. The van der Waals surface area contributed by atoms with Gasteiger partial charge in [0.25, 0.3) is 5.91 Å². The van der Waals surface area contributed by atoms with Crippen LogP contribution in [0.25, 0.3) is 0 Å². The monoisotopic (exact) mass is 349 g/mol. The van der Waals surface area contributed by atoms with Gasteiger partial charge in [0.15, 0.2) is 0 Å².